The fourth-order valence-corrected chi connectivity index (χ4v) is 3.60. The maximum absolute atomic E-state index is 13.4. The molecule has 0 bridgehead atoms. The van der Waals surface area contributed by atoms with Crippen LogP contribution in [-0.4, -0.2) is 19.9 Å². The maximum Gasteiger partial charge on any atom is 0.213 e. The average Bonchev–Trinajstić information content (AvgIpc) is 2.74. The fraction of sp³-hybridized carbons (Fsp3) is 0.200. The number of pyridine rings is 4. The van der Waals surface area contributed by atoms with E-state index in [1.54, 1.807) is 26.0 Å². The van der Waals surface area contributed by atoms with E-state index in [2.05, 4.69) is 23.8 Å². The molecule has 0 aromatic carbocycles. The molecule has 4 aromatic rings. The third-order valence-electron chi connectivity index (χ3n) is 5.43. The molecule has 4 aromatic heterocycles. The van der Waals surface area contributed by atoms with E-state index >= 15 is 0 Å². The highest BCUT2D eigenvalue weighted by molar-refractivity contribution is 5.63. The Hall–Kier alpha value is -3.54. The number of nitrogens with zero attached hydrogens (tertiary/aromatic N) is 4. The van der Waals surface area contributed by atoms with Gasteiger partial charge in [0, 0.05) is 27.9 Å². The Morgan fingerprint density at radius 1 is 0.581 bits per heavy atom. The van der Waals surface area contributed by atoms with E-state index in [1.165, 1.54) is 12.1 Å². The molecule has 0 amide bonds. The monoisotopic (exact) mass is 416 g/mol. The van der Waals surface area contributed by atoms with E-state index in [9.17, 15) is 8.78 Å². The predicted octanol–water partition coefficient (Wildman–Crippen LogP) is 5.82. The van der Waals surface area contributed by atoms with Gasteiger partial charge in [0.2, 0.25) is 11.9 Å². The van der Waals surface area contributed by atoms with Crippen molar-refractivity contribution < 1.29 is 8.78 Å². The van der Waals surface area contributed by atoms with Crippen LogP contribution >= 0.6 is 0 Å². The number of hydrogen-bond donors (Lipinski definition) is 0. The summed E-state index contributed by atoms with van der Waals surface area (Å²) in [5, 5.41) is 0. The van der Waals surface area contributed by atoms with Gasteiger partial charge in [-0.05, 0) is 76.2 Å². The van der Waals surface area contributed by atoms with Gasteiger partial charge >= 0.3 is 0 Å². The van der Waals surface area contributed by atoms with Gasteiger partial charge in [-0.25, -0.2) is 9.97 Å². The van der Waals surface area contributed by atoms with Crippen LogP contribution in [0.15, 0.2) is 60.7 Å². The molecule has 4 heterocycles. The molecule has 31 heavy (non-hydrogen) atoms. The standard InChI is InChI=1S/C25H22F2N4/c1-15-17(11-13-23(26)28-15)19-7-5-9-21(30-19)25(3,4)22-10-6-8-20(31-22)18-12-14-24(27)29-16(18)2/h5-14H,1-4H3. The molecular weight excluding hydrogens is 394 g/mol. The van der Waals surface area contributed by atoms with Crippen LogP contribution < -0.4 is 0 Å². The van der Waals surface area contributed by atoms with Gasteiger partial charge in [0.15, 0.2) is 0 Å². The highest BCUT2D eigenvalue weighted by Crippen LogP contribution is 2.32. The Balaban J connectivity index is 1.75. The molecule has 6 heteroatoms. The van der Waals surface area contributed by atoms with Crippen molar-refractivity contribution in [2.45, 2.75) is 33.1 Å². The summed E-state index contributed by atoms with van der Waals surface area (Å²) < 4.78 is 26.8. The van der Waals surface area contributed by atoms with Crippen molar-refractivity contribution in [2.75, 3.05) is 0 Å². The Kier molecular flexibility index (Phi) is 5.31. The smallest absolute Gasteiger partial charge is 0.213 e. The summed E-state index contributed by atoms with van der Waals surface area (Å²) in [7, 11) is 0. The number of halogens is 2. The molecule has 0 unspecified atom stereocenters. The molecule has 0 spiro atoms. The third kappa shape index (κ3) is 4.06. The summed E-state index contributed by atoms with van der Waals surface area (Å²) in [6.45, 7) is 7.64. The lowest BCUT2D eigenvalue weighted by atomic mass is 9.84. The molecule has 0 atom stereocenters. The quantitative estimate of drug-likeness (QED) is 0.393. The zero-order chi connectivity index (χ0) is 22.2. The SMILES string of the molecule is Cc1nc(F)ccc1-c1cccc(C(C)(C)c2cccc(-c3ccc(F)nc3C)n2)n1. The zero-order valence-corrected chi connectivity index (χ0v) is 17.8. The van der Waals surface area contributed by atoms with Crippen molar-refractivity contribution >= 4 is 0 Å². The van der Waals surface area contributed by atoms with Crippen LogP contribution in [-0.2, 0) is 5.41 Å². The summed E-state index contributed by atoms with van der Waals surface area (Å²) in [6, 6.07) is 17.6. The summed E-state index contributed by atoms with van der Waals surface area (Å²) >= 11 is 0. The number of rotatable bonds is 4. The van der Waals surface area contributed by atoms with Gasteiger partial charge in [0.25, 0.3) is 0 Å². The van der Waals surface area contributed by atoms with Gasteiger partial charge in [0.1, 0.15) is 0 Å². The van der Waals surface area contributed by atoms with Crippen molar-refractivity contribution in [2.24, 2.45) is 0 Å². The van der Waals surface area contributed by atoms with Crippen LogP contribution in [0.4, 0.5) is 8.78 Å². The Bertz CT molecular complexity index is 1170. The second-order valence-corrected chi connectivity index (χ2v) is 7.98. The van der Waals surface area contributed by atoms with Gasteiger partial charge < -0.3 is 0 Å². The van der Waals surface area contributed by atoms with E-state index < -0.39 is 17.3 Å². The minimum Gasteiger partial charge on any atom is -0.252 e. The van der Waals surface area contributed by atoms with Gasteiger partial charge in [-0.2, -0.15) is 8.78 Å². The van der Waals surface area contributed by atoms with Crippen molar-refractivity contribution in [1.82, 2.24) is 19.9 Å². The van der Waals surface area contributed by atoms with E-state index in [-0.39, 0.29) is 0 Å². The van der Waals surface area contributed by atoms with Crippen LogP contribution in [0, 0.1) is 25.7 Å². The molecule has 0 saturated heterocycles. The first-order valence-electron chi connectivity index (χ1n) is 9.98. The highest BCUT2D eigenvalue weighted by Gasteiger charge is 2.27. The topological polar surface area (TPSA) is 51.6 Å². The Labute approximate surface area is 180 Å². The first kappa shape index (κ1) is 20.7. The van der Waals surface area contributed by atoms with E-state index in [1.807, 2.05) is 36.4 Å². The minimum atomic E-state index is -0.510. The van der Waals surface area contributed by atoms with Gasteiger partial charge in [-0.3, -0.25) is 9.97 Å². The molecule has 0 aliphatic carbocycles. The predicted molar refractivity (Wildman–Crippen MR) is 116 cm³/mol. The molecule has 0 aliphatic rings. The van der Waals surface area contributed by atoms with Crippen LogP contribution in [0.25, 0.3) is 22.5 Å². The summed E-state index contributed by atoms with van der Waals surface area (Å²) in [5.41, 5.74) is 5.34. The highest BCUT2D eigenvalue weighted by atomic mass is 19.1. The van der Waals surface area contributed by atoms with Crippen molar-refractivity contribution in [3.8, 4) is 22.5 Å². The lowest BCUT2D eigenvalue weighted by Gasteiger charge is -2.25. The second kappa shape index (κ2) is 7.95. The molecule has 0 aliphatic heterocycles. The van der Waals surface area contributed by atoms with Gasteiger partial charge in [-0.15, -0.1) is 0 Å². The van der Waals surface area contributed by atoms with Crippen LogP contribution in [0.3, 0.4) is 0 Å². The van der Waals surface area contributed by atoms with Crippen LogP contribution in [0.2, 0.25) is 0 Å². The molecule has 0 radical (unpaired) electrons. The van der Waals surface area contributed by atoms with Crippen molar-refractivity contribution in [3.05, 3.63) is 95.3 Å². The maximum atomic E-state index is 13.4. The van der Waals surface area contributed by atoms with E-state index in [4.69, 9.17) is 9.97 Å². The first-order valence-corrected chi connectivity index (χ1v) is 9.98. The first-order chi connectivity index (χ1) is 14.8. The molecule has 0 fully saturated rings. The molecular formula is C25H22F2N4. The van der Waals surface area contributed by atoms with E-state index in [0.717, 1.165) is 33.9 Å². The van der Waals surface area contributed by atoms with Gasteiger partial charge in [0.05, 0.1) is 22.8 Å². The fourth-order valence-electron chi connectivity index (χ4n) is 3.60. The third-order valence-corrected chi connectivity index (χ3v) is 5.43. The number of hydrogen-bond acceptors (Lipinski definition) is 4. The van der Waals surface area contributed by atoms with Crippen LogP contribution in [0.5, 0.6) is 0 Å². The minimum absolute atomic E-state index is 0.505. The zero-order valence-electron chi connectivity index (χ0n) is 17.8. The lowest BCUT2D eigenvalue weighted by Crippen LogP contribution is -2.22. The average molecular weight is 416 g/mol. The van der Waals surface area contributed by atoms with Gasteiger partial charge in [-0.1, -0.05) is 12.1 Å². The number of aryl methyl sites for hydroxylation is 2. The van der Waals surface area contributed by atoms with Crippen molar-refractivity contribution in [3.63, 3.8) is 0 Å². The second-order valence-electron chi connectivity index (χ2n) is 7.98. The molecule has 4 rings (SSSR count). The van der Waals surface area contributed by atoms with E-state index in [0.29, 0.717) is 11.4 Å². The molecule has 0 N–H and O–H groups in total. The normalized spacial score (nSPS) is 11.5. The lowest BCUT2D eigenvalue weighted by molar-refractivity contribution is 0.580. The summed E-state index contributed by atoms with van der Waals surface area (Å²) in [4.78, 5) is 17.5. The Morgan fingerprint density at radius 3 is 1.39 bits per heavy atom. The molecule has 4 nitrogen and oxygen atoms in total. The van der Waals surface area contributed by atoms with Crippen molar-refractivity contribution in [1.29, 1.82) is 0 Å². The molecule has 156 valence electrons. The largest absolute Gasteiger partial charge is 0.252 e. The molecule has 0 saturated carbocycles. The van der Waals surface area contributed by atoms with Crippen LogP contribution in [0.1, 0.15) is 36.6 Å². The summed E-state index contributed by atoms with van der Waals surface area (Å²) in [5.74, 6) is -1.02. The Morgan fingerprint density at radius 2 is 1.00 bits per heavy atom. The summed E-state index contributed by atoms with van der Waals surface area (Å²) in [6.07, 6.45) is 0. The number of aromatic nitrogens is 4.